The molecule has 0 spiro atoms. The van der Waals surface area contributed by atoms with Gasteiger partial charge in [0.25, 0.3) is 0 Å². The highest BCUT2D eigenvalue weighted by Crippen LogP contribution is 2.30. The molecule has 2 atom stereocenters. The van der Waals surface area contributed by atoms with Gasteiger partial charge < -0.3 is 10.1 Å². The summed E-state index contributed by atoms with van der Waals surface area (Å²) in [6.45, 7) is 2.24. The third-order valence-electron chi connectivity index (χ3n) is 5.24. The molecule has 1 aliphatic rings. The van der Waals surface area contributed by atoms with Gasteiger partial charge in [-0.15, -0.1) is 0 Å². The van der Waals surface area contributed by atoms with Crippen molar-refractivity contribution >= 4 is 27.5 Å². The minimum absolute atomic E-state index is 0.0639. The monoisotopic (exact) mass is 454 g/mol. The molecule has 0 saturated carbocycles. The summed E-state index contributed by atoms with van der Waals surface area (Å²) in [5.74, 6) is -0.644. The third-order valence-corrected chi connectivity index (χ3v) is 7.40. The Kier molecular flexibility index (Phi) is 7.00. The summed E-state index contributed by atoms with van der Waals surface area (Å²) in [5.41, 5.74) is 0.776. The van der Waals surface area contributed by atoms with Crippen LogP contribution in [-0.2, 0) is 14.8 Å². The Morgan fingerprint density at radius 1 is 1.27 bits per heavy atom. The molecule has 9 heteroatoms. The van der Waals surface area contributed by atoms with Gasteiger partial charge in [-0.1, -0.05) is 23.7 Å². The highest BCUT2D eigenvalue weighted by molar-refractivity contribution is 7.89. The molecule has 0 bridgehead atoms. The number of halogens is 2. The van der Waals surface area contributed by atoms with Gasteiger partial charge in [-0.2, -0.15) is 4.31 Å². The number of nitrogens with zero attached hydrogens (tertiary/aromatic N) is 1. The molecule has 1 heterocycles. The van der Waals surface area contributed by atoms with Gasteiger partial charge in [0.2, 0.25) is 15.9 Å². The first-order valence-corrected chi connectivity index (χ1v) is 11.4. The Morgan fingerprint density at radius 2 is 1.97 bits per heavy atom. The number of hydrogen-bond donors (Lipinski definition) is 1. The number of methoxy groups -OCH3 is 1. The van der Waals surface area contributed by atoms with Crippen molar-refractivity contribution in [2.24, 2.45) is 5.92 Å². The fraction of sp³-hybridized carbons (Fsp3) is 0.381. The molecule has 1 amide bonds. The number of nitrogens with one attached hydrogen (secondary N) is 1. The van der Waals surface area contributed by atoms with Crippen molar-refractivity contribution in [3.05, 3.63) is 58.9 Å². The van der Waals surface area contributed by atoms with Crippen molar-refractivity contribution in [2.45, 2.75) is 30.7 Å². The zero-order valence-electron chi connectivity index (χ0n) is 16.8. The molecule has 3 rings (SSSR count). The Morgan fingerprint density at radius 3 is 2.60 bits per heavy atom. The molecular formula is C21H24ClFN2O4S. The predicted octanol–water partition coefficient (Wildman–Crippen LogP) is 3.77. The lowest BCUT2D eigenvalue weighted by Crippen LogP contribution is -2.45. The van der Waals surface area contributed by atoms with Crippen LogP contribution in [0.15, 0.2) is 47.4 Å². The fourth-order valence-corrected chi connectivity index (χ4v) is 5.37. The number of ether oxygens (including phenoxy) is 1. The van der Waals surface area contributed by atoms with E-state index >= 15 is 0 Å². The molecule has 0 radical (unpaired) electrons. The van der Waals surface area contributed by atoms with Gasteiger partial charge >= 0.3 is 0 Å². The summed E-state index contributed by atoms with van der Waals surface area (Å²) in [5, 5.41) is 3.11. The van der Waals surface area contributed by atoms with Crippen LogP contribution in [0.25, 0.3) is 0 Å². The number of rotatable bonds is 6. The minimum Gasteiger partial charge on any atom is -0.495 e. The Bertz CT molecular complexity index is 1010. The van der Waals surface area contributed by atoms with Crippen molar-refractivity contribution in [1.82, 2.24) is 9.62 Å². The first kappa shape index (κ1) is 22.5. The Labute approximate surface area is 181 Å². The maximum absolute atomic E-state index is 13.1. The Hall–Kier alpha value is -2.16. The van der Waals surface area contributed by atoms with Gasteiger partial charge in [-0.25, -0.2) is 12.8 Å². The standard InChI is InChI=1S/C21H24ClFN2O4S/c1-14(15-5-7-17(23)8-6-15)24-21(26)16-4-3-11-25(13-16)30(27,28)18-9-10-20(29-2)19(22)12-18/h5-10,12,14,16H,3-4,11,13H2,1-2H3,(H,24,26)/t14-,16+/m0/s1. The molecule has 2 aromatic carbocycles. The van der Waals surface area contributed by atoms with E-state index in [9.17, 15) is 17.6 Å². The normalized spacial score (nSPS) is 18.6. The summed E-state index contributed by atoms with van der Waals surface area (Å²) in [7, 11) is -2.34. The molecule has 1 fully saturated rings. The molecule has 1 aliphatic heterocycles. The molecule has 0 unspecified atom stereocenters. The van der Waals surface area contributed by atoms with Gasteiger partial charge in [0, 0.05) is 13.1 Å². The van der Waals surface area contributed by atoms with E-state index in [1.807, 2.05) is 6.92 Å². The quantitative estimate of drug-likeness (QED) is 0.721. The zero-order chi connectivity index (χ0) is 21.9. The van der Waals surface area contributed by atoms with Crippen LogP contribution in [-0.4, -0.2) is 38.8 Å². The minimum atomic E-state index is -3.79. The van der Waals surface area contributed by atoms with E-state index in [1.54, 1.807) is 12.1 Å². The van der Waals surface area contributed by atoms with Gasteiger partial charge in [0.05, 0.1) is 29.0 Å². The van der Waals surface area contributed by atoms with Crippen molar-refractivity contribution in [1.29, 1.82) is 0 Å². The maximum Gasteiger partial charge on any atom is 0.243 e. The molecule has 0 aliphatic carbocycles. The van der Waals surface area contributed by atoms with E-state index in [0.29, 0.717) is 25.1 Å². The number of piperidine rings is 1. The first-order chi connectivity index (χ1) is 14.2. The fourth-order valence-electron chi connectivity index (χ4n) is 3.50. The van der Waals surface area contributed by atoms with Gasteiger partial charge in [0.15, 0.2) is 0 Å². The van der Waals surface area contributed by atoms with E-state index in [0.717, 1.165) is 5.56 Å². The van der Waals surface area contributed by atoms with Crippen molar-refractivity contribution in [3.8, 4) is 5.75 Å². The van der Waals surface area contributed by atoms with Crippen LogP contribution in [0.1, 0.15) is 31.4 Å². The summed E-state index contributed by atoms with van der Waals surface area (Å²) in [6, 6.07) is 9.91. The zero-order valence-corrected chi connectivity index (χ0v) is 18.3. The average Bonchev–Trinajstić information content (AvgIpc) is 2.74. The summed E-state index contributed by atoms with van der Waals surface area (Å²) >= 11 is 6.08. The lowest BCUT2D eigenvalue weighted by molar-refractivity contribution is -0.126. The SMILES string of the molecule is COc1ccc(S(=O)(=O)N2CCC[C@@H](C(=O)N[C@@H](C)c3ccc(F)cc3)C2)cc1Cl. The van der Waals surface area contributed by atoms with E-state index in [2.05, 4.69) is 5.32 Å². The lowest BCUT2D eigenvalue weighted by atomic mass is 9.98. The second-order valence-corrected chi connectivity index (χ2v) is 9.63. The van der Waals surface area contributed by atoms with E-state index in [4.69, 9.17) is 16.3 Å². The summed E-state index contributed by atoms with van der Waals surface area (Å²) in [6.07, 6.45) is 1.17. The number of benzene rings is 2. The van der Waals surface area contributed by atoms with Crippen molar-refractivity contribution < 1.29 is 22.3 Å². The number of hydrogen-bond acceptors (Lipinski definition) is 4. The lowest BCUT2D eigenvalue weighted by Gasteiger charge is -2.32. The predicted molar refractivity (Wildman–Crippen MR) is 112 cm³/mol. The second kappa shape index (κ2) is 9.32. The Balaban J connectivity index is 1.70. The van der Waals surface area contributed by atoms with E-state index in [1.165, 1.54) is 41.7 Å². The van der Waals surface area contributed by atoms with E-state index < -0.39 is 15.9 Å². The smallest absolute Gasteiger partial charge is 0.243 e. The topological polar surface area (TPSA) is 75.7 Å². The molecule has 162 valence electrons. The van der Waals surface area contributed by atoms with Crippen LogP contribution >= 0.6 is 11.6 Å². The van der Waals surface area contributed by atoms with Crippen LogP contribution in [0.2, 0.25) is 5.02 Å². The van der Waals surface area contributed by atoms with Gasteiger partial charge in [-0.05, 0) is 55.7 Å². The number of carbonyl (C=O) groups is 1. The molecule has 6 nitrogen and oxygen atoms in total. The van der Waals surface area contributed by atoms with Crippen LogP contribution in [0.5, 0.6) is 5.75 Å². The molecule has 0 aromatic heterocycles. The largest absolute Gasteiger partial charge is 0.495 e. The van der Waals surface area contributed by atoms with Gasteiger partial charge in [0.1, 0.15) is 11.6 Å². The maximum atomic E-state index is 13.1. The first-order valence-electron chi connectivity index (χ1n) is 9.62. The number of carbonyl (C=O) groups excluding carboxylic acids is 1. The molecule has 30 heavy (non-hydrogen) atoms. The highest BCUT2D eigenvalue weighted by atomic mass is 35.5. The molecule has 1 saturated heterocycles. The highest BCUT2D eigenvalue weighted by Gasteiger charge is 2.34. The second-order valence-electron chi connectivity index (χ2n) is 7.28. The van der Waals surface area contributed by atoms with Crippen molar-refractivity contribution in [3.63, 3.8) is 0 Å². The van der Waals surface area contributed by atoms with Crippen molar-refractivity contribution in [2.75, 3.05) is 20.2 Å². The third kappa shape index (κ3) is 4.94. The van der Waals surface area contributed by atoms with Gasteiger partial charge in [-0.3, -0.25) is 4.79 Å². The van der Waals surface area contributed by atoms with Crippen LogP contribution in [0.4, 0.5) is 4.39 Å². The summed E-state index contributed by atoms with van der Waals surface area (Å²) in [4.78, 5) is 12.8. The average molecular weight is 455 g/mol. The molecule has 1 N–H and O–H groups in total. The summed E-state index contributed by atoms with van der Waals surface area (Å²) < 4.78 is 45.6. The number of amides is 1. The molecular weight excluding hydrogens is 431 g/mol. The van der Waals surface area contributed by atoms with E-state index in [-0.39, 0.29) is 34.2 Å². The van der Waals surface area contributed by atoms with Crippen LogP contribution < -0.4 is 10.1 Å². The van der Waals surface area contributed by atoms with Crippen LogP contribution in [0, 0.1) is 11.7 Å². The number of sulfonamides is 1. The van der Waals surface area contributed by atoms with Crippen LogP contribution in [0.3, 0.4) is 0 Å². The molecule has 2 aromatic rings.